The van der Waals surface area contributed by atoms with Crippen LogP contribution in [-0.4, -0.2) is 17.6 Å². The lowest BCUT2D eigenvalue weighted by Gasteiger charge is -2.48. The van der Waals surface area contributed by atoms with Gasteiger partial charge in [-0.15, -0.1) is 0 Å². The molecule has 5 aromatic rings. The van der Waals surface area contributed by atoms with E-state index in [0.717, 1.165) is 40.2 Å². The van der Waals surface area contributed by atoms with Crippen molar-refractivity contribution < 1.29 is 0 Å². The van der Waals surface area contributed by atoms with E-state index in [2.05, 4.69) is 167 Å². The molecule has 55 heavy (non-hydrogen) atoms. The van der Waals surface area contributed by atoms with Gasteiger partial charge in [-0.05, 0) is 102 Å². The number of anilines is 2. The van der Waals surface area contributed by atoms with Crippen LogP contribution in [-0.2, 0) is 10.8 Å². The highest BCUT2D eigenvalue weighted by atomic mass is 15.2. The number of hydrogen-bond acceptors (Lipinski definition) is 2. The van der Waals surface area contributed by atoms with Gasteiger partial charge < -0.3 is 4.90 Å². The second-order valence-electron chi connectivity index (χ2n) is 16.0. The zero-order valence-electron chi connectivity index (χ0n) is 32.6. The maximum absolute atomic E-state index is 5.30. The highest BCUT2D eigenvalue weighted by Gasteiger charge is 2.60. The van der Waals surface area contributed by atoms with Crippen molar-refractivity contribution in [2.24, 2.45) is 15.9 Å². The Kier molecular flexibility index (Phi) is 8.45. The van der Waals surface area contributed by atoms with Gasteiger partial charge >= 0.3 is 0 Å². The van der Waals surface area contributed by atoms with Crippen molar-refractivity contribution in [1.29, 1.82) is 0 Å². The first-order valence-corrected chi connectivity index (χ1v) is 19.6. The van der Waals surface area contributed by atoms with Crippen LogP contribution < -0.4 is 4.90 Å². The van der Waals surface area contributed by atoms with E-state index in [1.54, 1.807) is 0 Å². The Labute approximate surface area is 326 Å². The average molecular weight is 714 g/mol. The minimum absolute atomic E-state index is 0.0593. The van der Waals surface area contributed by atoms with Crippen LogP contribution >= 0.6 is 0 Å². The first kappa shape index (κ1) is 34.7. The molecule has 1 aliphatic heterocycles. The van der Waals surface area contributed by atoms with Crippen molar-refractivity contribution in [1.82, 2.24) is 0 Å². The first-order valence-electron chi connectivity index (χ1n) is 19.6. The number of allylic oxidation sites excluding steroid dienone is 5. The Morgan fingerprint density at radius 3 is 2.15 bits per heavy atom. The number of aliphatic imine (C=N–C) groups is 2. The van der Waals surface area contributed by atoms with Crippen LogP contribution in [0, 0.1) is 5.92 Å². The molecule has 9 rings (SSSR count). The van der Waals surface area contributed by atoms with Crippen LogP contribution in [0.2, 0.25) is 0 Å². The van der Waals surface area contributed by atoms with Gasteiger partial charge in [-0.2, -0.15) is 0 Å². The van der Waals surface area contributed by atoms with E-state index in [4.69, 9.17) is 9.98 Å². The second-order valence-corrected chi connectivity index (χ2v) is 16.0. The molecule has 270 valence electrons. The number of amidine groups is 1. The molecule has 1 heterocycles. The third-order valence-electron chi connectivity index (χ3n) is 12.4. The highest BCUT2D eigenvalue weighted by Crippen LogP contribution is 2.66. The highest BCUT2D eigenvalue weighted by molar-refractivity contribution is 6.13. The molecule has 0 bridgehead atoms. The number of nitrogens with zero attached hydrogens (tertiary/aromatic N) is 3. The van der Waals surface area contributed by atoms with Crippen molar-refractivity contribution >= 4 is 34.2 Å². The van der Waals surface area contributed by atoms with Gasteiger partial charge in [-0.3, -0.25) is 0 Å². The molecule has 0 spiro atoms. The number of para-hydroxylation sites is 1. The van der Waals surface area contributed by atoms with Crippen LogP contribution in [0.1, 0.15) is 81.3 Å². The molecule has 3 nitrogen and oxygen atoms in total. The lowest BCUT2D eigenvalue weighted by atomic mass is 9.58. The summed E-state index contributed by atoms with van der Waals surface area (Å²) in [6.07, 6.45) is 7.86. The largest absolute Gasteiger partial charge is 0.333 e. The fraction of sp³-hybridized carbons (Fsp3) is 0.212. The summed E-state index contributed by atoms with van der Waals surface area (Å²) >= 11 is 0. The Morgan fingerprint density at radius 2 is 1.40 bits per heavy atom. The van der Waals surface area contributed by atoms with Gasteiger partial charge in [-0.25, -0.2) is 9.98 Å². The standard InChI is InChI=1S/C52H47N3/c1-7-20-44(37-24-12-9-13-25-37)54-50(53-35(3)36-22-10-8-11-23-36)38-26-19-27-39(33-38)55-45-32-17-16-30-42(45)52(6)43-31-18-21-34(2)46(43)47-40-28-14-15-29-41(40)51(4,5)48(47)49(52)55/h7-19,22-34,49H,21H2,1-6H3. The predicted molar refractivity (Wildman–Crippen MR) is 231 cm³/mol. The van der Waals surface area contributed by atoms with E-state index < -0.39 is 0 Å². The van der Waals surface area contributed by atoms with Crippen LogP contribution in [0.25, 0.3) is 11.3 Å². The second kappa shape index (κ2) is 13.4. The summed E-state index contributed by atoms with van der Waals surface area (Å²) < 4.78 is 0. The summed E-state index contributed by atoms with van der Waals surface area (Å²) in [5, 5.41) is 0. The molecule has 3 aliphatic carbocycles. The molecule has 0 radical (unpaired) electrons. The molecule has 3 unspecified atom stereocenters. The average Bonchev–Trinajstić information content (AvgIpc) is 3.62. The van der Waals surface area contributed by atoms with Gasteiger partial charge in [0.15, 0.2) is 5.84 Å². The molecule has 3 heteroatoms. The molecule has 0 N–H and O–H groups in total. The summed E-state index contributed by atoms with van der Waals surface area (Å²) in [6, 6.07) is 47.9. The van der Waals surface area contributed by atoms with Gasteiger partial charge in [0, 0.05) is 39.0 Å². The third-order valence-corrected chi connectivity index (χ3v) is 12.4. The fourth-order valence-electron chi connectivity index (χ4n) is 9.85. The van der Waals surface area contributed by atoms with Gasteiger partial charge in [0.05, 0.1) is 6.04 Å². The number of benzene rings is 5. The molecule has 3 atom stereocenters. The van der Waals surface area contributed by atoms with Crippen molar-refractivity contribution in [2.75, 3.05) is 4.90 Å². The van der Waals surface area contributed by atoms with E-state index in [9.17, 15) is 0 Å². The fourth-order valence-corrected chi connectivity index (χ4v) is 9.85. The Bertz CT molecular complexity index is 2570. The van der Waals surface area contributed by atoms with Gasteiger partial charge in [0.25, 0.3) is 0 Å². The number of hydrogen-bond donors (Lipinski definition) is 0. The van der Waals surface area contributed by atoms with Gasteiger partial charge in [0.2, 0.25) is 0 Å². The van der Waals surface area contributed by atoms with Crippen molar-refractivity contribution in [3.63, 3.8) is 0 Å². The molecule has 0 fully saturated rings. The van der Waals surface area contributed by atoms with E-state index >= 15 is 0 Å². The number of rotatable bonds is 5. The maximum atomic E-state index is 5.30. The maximum Gasteiger partial charge on any atom is 0.160 e. The minimum atomic E-state index is -0.265. The van der Waals surface area contributed by atoms with Crippen LogP contribution in [0.3, 0.4) is 0 Å². The SMILES string of the molecule is CC=C=C(N=C(N=C(C)c1ccccc1)c1cccc(N2c3ccccc3C3(C)C4=C(C5=C(C23)C(C)(C)c2ccccc25)C(C)CC=C4)c1)c1ccccc1. The van der Waals surface area contributed by atoms with E-state index in [-0.39, 0.29) is 16.9 Å². The number of fused-ring (bicyclic) bond motifs is 8. The van der Waals surface area contributed by atoms with Crippen LogP contribution in [0.4, 0.5) is 11.4 Å². The smallest absolute Gasteiger partial charge is 0.160 e. The monoisotopic (exact) mass is 713 g/mol. The Morgan fingerprint density at radius 1 is 0.745 bits per heavy atom. The zero-order valence-corrected chi connectivity index (χ0v) is 32.6. The van der Waals surface area contributed by atoms with E-state index in [1.807, 2.05) is 37.3 Å². The summed E-state index contributed by atoms with van der Waals surface area (Å²) in [5.74, 6) is 1.08. The minimum Gasteiger partial charge on any atom is -0.333 e. The normalized spacial score (nSPS) is 22.0. The van der Waals surface area contributed by atoms with Crippen LogP contribution in [0.15, 0.2) is 184 Å². The van der Waals surface area contributed by atoms with Crippen molar-refractivity contribution in [3.05, 3.63) is 208 Å². The molecule has 0 amide bonds. The Balaban J connectivity index is 1.27. The quantitative estimate of drug-likeness (QED) is 0.101. The van der Waals surface area contributed by atoms with Crippen molar-refractivity contribution in [3.8, 4) is 0 Å². The summed E-state index contributed by atoms with van der Waals surface area (Å²) in [7, 11) is 0. The molecule has 0 saturated heterocycles. The molecule has 4 aliphatic rings. The van der Waals surface area contributed by atoms with E-state index in [0.29, 0.717) is 11.8 Å². The lowest BCUT2D eigenvalue weighted by Crippen LogP contribution is -2.49. The van der Waals surface area contributed by atoms with Crippen LogP contribution in [0.5, 0.6) is 0 Å². The summed E-state index contributed by atoms with van der Waals surface area (Å²) in [6.45, 7) is 13.9. The zero-order chi connectivity index (χ0) is 37.9. The summed E-state index contributed by atoms with van der Waals surface area (Å²) in [4.78, 5) is 13.2. The predicted octanol–water partition coefficient (Wildman–Crippen LogP) is 12.6. The van der Waals surface area contributed by atoms with Gasteiger partial charge in [0.1, 0.15) is 5.70 Å². The van der Waals surface area contributed by atoms with Gasteiger partial charge in [-0.1, -0.05) is 154 Å². The lowest BCUT2D eigenvalue weighted by molar-refractivity contribution is 0.445. The molecular formula is C52H47N3. The Hall–Kier alpha value is -6.02. The first-order chi connectivity index (χ1) is 26.7. The third kappa shape index (κ3) is 5.41. The summed E-state index contributed by atoms with van der Waals surface area (Å²) in [5.41, 5.74) is 20.2. The molecule has 5 aromatic carbocycles. The van der Waals surface area contributed by atoms with Crippen molar-refractivity contribution in [2.45, 2.75) is 64.8 Å². The topological polar surface area (TPSA) is 28.0 Å². The molecule has 0 saturated carbocycles. The molecule has 0 aromatic heterocycles. The van der Waals surface area contributed by atoms with E-state index in [1.165, 1.54) is 44.7 Å². The molecular weight excluding hydrogens is 667 g/mol.